The fourth-order valence-corrected chi connectivity index (χ4v) is 1.49. The van der Waals surface area contributed by atoms with Crippen molar-refractivity contribution in [1.29, 1.82) is 0 Å². The SMILES string of the molecule is O=C(Nc1cc(C(F)(F)F)ccn1)C1=CC=CC1. The van der Waals surface area contributed by atoms with Crippen molar-refractivity contribution in [3.05, 3.63) is 47.7 Å². The molecule has 1 heterocycles. The highest BCUT2D eigenvalue weighted by Gasteiger charge is 2.30. The van der Waals surface area contributed by atoms with E-state index in [0.29, 0.717) is 12.0 Å². The molecular formula is C12H9F3N2O. The lowest BCUT2D eigenvalue weighted by atomic mass is 10.2. The first kappa shape index (κ1) is 12.3. The number of halogens is 3. The van der Waals surface area contributed by atoms with Gasteiger partial charge in [-0.3, -0.25) is 4.79 Å². The first-order valence-electron chi connectivity index (χ1n) is 5.17. The Labute approximate surface area is 101 Å². The molecule has 18 heavy (non-hydrogen) atoms. The highest BCUT2D eigenvalue weighted by molar-refractivity contribution is 6.04. The van der Waals surface area contributed by atoms with E-state index < -0.39 is 17.6 Å². The molecule has 1 aromatic heterocycles. The summed E-state index contributed by atoms with van der Waals surface area (Å²) in [5.41, 5.74) is -0.347. The predicted octanol–water partition coefficient (Wildman–Crippen LogP) is 2.93. The Morgan fingerprint density at radius 3 is 2.78 bits per heavy atom. The fraction of sp³-hybridized carbons (Fsp3) is 0.167. The van der Waals surface area contributed by atoms with Gasteiger partial charge >= 0.3 is 6.18 Å². The van der Waals surface area contributed by atoms with Crippen LogP contribution < -0.4 is 5.32 Å². The highest BCUT2D eigenvalue weighted by Crippen LogP contribution is 2.30. The molecule has 1 aliphatic carbocycles. The summed E-state index contributed by atoms with van der Waals surface area (Å²) < 4.78 is 37.3. The van der Waals surface area contributed by atoms with Gasteiger partial charge in [0.1, 0.15) is 5.82 Å². The Kier molecular flexibility index (Phi) is 3.18. The summed E-state index contributed by atoms with van der Waals surface area (Å²) in [6, 6.07) is 1.66. The predicted molar refractivity (Wildman–Crippen MR) is 59.7 cm³/mol. The van der Waals surface area contributed by atoms with E-state index in [1.54, 1.807) is 18.2 Å². The first-order chi connectivity index (χ1) is 8.47. The molecule has 1 N–H and O–H groups in total. The molecule has 0 fully saturated rings. The molecule has 94 valence electrons. The quantitative estimate of drug-likeness (QED) is 0.881. The zero-order chi connectivity index (χ0) is 13.2. The number of pyridine rings is 1. The zero-order valence-corrected chi connectivity index (χ0v) is 9.16. The molecule has 0 unspecified atom stereocenters. The van der Waals surface area contributed by atoms with Crippen molar-refractivity contribution in [2.45, 2.75) is 12.6 Å². The van der Waals surface area contributed by atoms with Crippen LogP contribution in [0.4, 0.5) is 19.0 Å². The molecule has 0 atom stereocenters. The van der Waals surface area contributed by atoms with Crippen LogP contribution in [0.3, 0.4) is 0 Å². The summed E-state index contributed by atoms with van der Waals surface area (Å²) in [6.07, 6.45) is 2.16. The monoisotopic (exact) mass is 254 g/mol. The summed E-state index contributed by atoms with van der Waals surface area (Å²) in [4.78, 5) is 15.3. The number of nitrogens with one attached hydrogen (secondary N) is 1. The van der Waals surface area contributed by atoms with Crippen molar-refractivity contribution in [2.24, 2.45) is 0 Å². The molecular weight excluding hydrogens is 245 g/mol. The average Bonchev–Trinajstić information content (AvgIpc) is 2.81. The minimum atomic E-state index is -4.45. The van der Waals surface area contributed by atoms with Crippen LogP contribution in [-0.2, 0) is 11.0 Å². The van der Waals surface area contributed by atoms with Gasteiger partial charge in [-0.2, -0.15) is 13.2 Å². The van der Waals surface area contributed by atoms with Gasteiger partial charge in [0.25, 0.3) is 5.91 Å². The van der Waals surface area contributed by atoms with Gasteiger partial charge in [-0.25, -0.2) is 4.98 Å². The van der Waals surface area contributed by atoms with Gasteiger partial charge in [0.15, 0.2) is 0 Å². The molecule has 0 saturated carbocycles. The molecule has 6 heteroatoms. The van der Waals surface area contributed by atoms with Crippen molar-refractivity contribution in [1.82, 2.24) is 4.98 Å². The van der Waals surface area contributed by atoms with Gasteiger partial charge in [0.2, 0.25) is 0 Å². The van der Waals surface area contributed by atoms with E-state index >= 15 is 0 Å². The summed E-state index contributed by atoms with van der Waals surface area (Å²) >= 11 is 0. The van der Waals surface area contributed by atoms with Crippen molar-refractivity contribution < 1.29 is 18.0 Å². The Hall–Kier alpha value is -2.11. The van der Waals surface area contributed by atoms with Gasteiger partial charge in [-0.1, -0.05) is 18.2 Å². The molecule has 0 bridgehead atoms. The van der Waals surface area contributed by atoms with Crippen LogP contribution in [0, 0.1) is 0 Å². The number of carbonyl (C=O) groups is 1. The second-order valence-electron chi connectivity index (χ2n) is 3.71. The Morgan fingerprint density at radius 1 is 1.39 bits per heavy atom. The van der Waals surface area contributed by atoms with Gasteiger partial charge in [0.05, 0.1) is 5.56 Å². The number of aromatic nitrogens is 1. The number of anilines is 1. The van der Waals surface area contributed by atoms with Gasteiger partial charge in [0, 0.05) is 11.8 Å². The summed E-state index contributed by atoms with van der Waals surface area (Å²) in [7, 11) is 0. The maximum Gasteiger partial charge on any atom is 0.416 e. The number of hydrogen-bond acceptors (Lipinski definition) is 2. The third-order valence-electron chi connectivity index (χ3n) is 2.39. The van der Waals surface area contributed by atoms with Crippen molar-refractivity contribution in [3.8, 4) is 0 Å². The normalized spacial score (nSPS) is 14.5. The molecule has 0 saturated heterocycles. The van der Waals surface area contributed by atoms with E-state index in [-0.39, 0.29) is 5.82 Å². The van der Waals surface area contributed by atoms with E-state index in [1.807, 2.05) is 0 Å². The van der Waals surface area contributed by atoms with E-state index in [9.17, 15) is 18.0 Å². The van der Waals surface area contributed by atoms with Crippen LogP contribution >= 0.6 is 0 Å². The second-order valence-corrected chi connectivity index (χ2v) is 3.71. The van der Waals surface area contributed by atoms with Crippen LogP contribution in [-0.4, -0.2) is 10.9 Å². The lowest BCUT2D eigenvalue weighted by Gasteiger charge is -2.09. The molecule has 0 aromatic carbocycles. The third kappa shape index (κ3) is 2.77. The number of rotatable bonds is 2. The van der Waals surface area contributed by atoms with Crippen LogP contribution in [0.25, 0.3) is 0 Å². The van der Waals surface area contributed by atoms with E-state index in [4.69, 9.17) is 0 Å². The van der Waals surface area contributed by atoms with Crippen molar-refractivity contribution >= 4 is 11.7 Å². The molecule has 0 radical (unpaired) electrons. The minimum Gasteiger partial charge on any atom is -0.307 e. The average molecular weight is 254 g/mol. The Bertz CT molecular complexity index is 532. The molecule has 1 aromatic rings. The highest BCUT2D eigenvalue weighted by atomic mass is 19.4. The zero-order valence-electron chi connectivity index (χ0n) is 9.16. The van der Waals surface area contributed by atoms with E-state index in [2.05, 4.69) is 10.3 Å². The number of nitrogens with zero attached hydrogens (tertiary/aromatic N) is 1. The van der Waals surface area contributed by atoms with Crippen LogP contribution in [0.2, 0.25) is 0 Å². The van der Waals surface area contributed by atoms with Crippen LogP contribution in [0.1, 0.15) is 12.0 Å². The van der Waals surface area contributed by atoms with Crippen molar-refractivity contribution in [3.63, 3.8) is 0 Å². The molecule has 0 aliphatic heterocycles. The molecule has 1 amide bonds. The third-order valence-corrected chi connectivity index (χ3v) is 2.39. The standard InChI is InChI=1S/C12H9F3N2O/c13-12(14,15)9-5-6-16-10(7-9)17-11(18)8-3-1-2-4-8/h1-3,5-7H,4H2,(H,16,17,18). The smallest absolute Gasteiger partial charge is 0.307 e. The van der Waals surface area contributed by atoms with Gasteiger partial charge < -0.3 is 5.32 Å². The maximum atomic E-state index is 12.4. The van der Waals surface area contributed by atoms with Gasteiger partial charge in [-0.15, -0.1) is 0 Å². The van der Waals surface area contributed by atoms with Crippen LogP contribution in [0.5, 0.6) is 0 Å². The number of allylic oxidation sites excluding steroid dienone is 3. The summed E-state index contributed by atoms with van der Waals surface area (Å²) in [5, 5.41) is 2.34. The Morgan fingerprint density at radius 2 is 2.17 bits per heavy atom. The summed E-state index contributed by atoms with van der Waals surface area (Å²) in [6.45, 7) is 0. The number of amides is 1. The lowest BCUT2D eigenvalue weighted by Crippen LogP contribution is -2.15. The number of hydrogen-bond donors (Lipinski definition) is 1. The van der Waals surface area contributed by atoms with Crippen molar-refractivity contribution in [2.75, 3.05) is 5.32 Å². The van der Waals surface area contributed by atoms with E-state index in [1.165, 1.54) is 0 Å². The molecule has 0 spiro atoms. The lowest BCUT2D eigenvalue weighted by molar-refractivity contribution is -0.137. The second kappa shape index (κ2) is 4.64. The maximum absolute atomic E-state index is 12.4. The first-order valence-corrected chi connectivity index (χ1v) is 5.17. The molecule has 3 nitrogen and oxygen atoms in total. The largest absolute Gasteiger partial charge is 0.416 e. The fourth-order valence-electron chi connectivity index (χ4n) is 1.49. The van der Waals surface area contributed by atoms with Gasteiger partial charge in [-0.05, 0) is 18.6 Å². The molecule has 1 aliphatic rings. The topological polar surface area (TPSA) is 42.0 Å². The van der Waals surface area contributed by atoms with Crippen LogP contribution in [0.15, 0.2) is 42.1 Å². The Balaban J connectivity index is 2.12. The molecule has 2 rings (SSSR count). The van der Waals surface area contributed by atoms with E-state index in [0.717, 1.165) is 18.3 Å². The number of alkyl halides is 3. The summed E-state index contributed by atoms with van der Waals surface area (Å²) in [5.74, 6) is -0.547. The number of carbonyl (C=O) groups excluding carboxylic acids is 1. The minimum absolute atomic E-state index is 0.109.